The Balaban J connectivity index is 4.22. The van der Waals surface area contributed by atoms with Gasteiger partial charge in [-0.2, -0.15) is 0 Å². The molecule has 0 saturated carbocycles. The van der Waals surface area contributed by atoms with E-state index in [1.807, 2.05) is 21.1 Å². The molecule has 0 saturated heterocycles. The smallest absolute Gasteiger partial charge is 0.268 e. The van der Waals surface area contributed by atoms with Crippen LogP contribution in [-0.2, 0) is 18.4 Å². The van der Waals surface area contributed by atoms with E-state index in [0.29, 0.717) is 23.9 Å². The first kappa shape index (κ1) is 55.2. The van der Waals surface area contributed by atoms with E-state index >= 15 is 0 Å². The van der Waals surface area contributed by atoms with Crippen molar-refractivity contribution < 1.29 is 32.9 Å². The molecule has 332 valence electrons. The second-order valence-corrected chi connectivity index (χ2v) is 18.1. The molecule has 8 nitrogen and oxygen atoms in total. The SMILES string of the molecule is CC/C=C\C/C=C\C/C=C\C/C=C\C/C=C\CCCCCCCCCCCC(=O)NC(COP(=O)([O-])OCC[N+](C)(C)C)C(O)CCCCCCCCCCCC. The topological polar surface area (TPSA) is 108 Å². The number of allylic oxidation sites excluding steroid dienone is 10. The van der Waals surface area contributed by atoms with Crippen LogP contribution in [0.4, 0.5) is 0 Å². The Morgan fingerprint density at radius 1 is 0.632 bits per heavy atom. The Labute approximate surface area is 351 Å². The van der Waals surface area contributed by atoms with Gasteiger partial charge >= 0.3 is 0 Å². The van der Waals surface area contributed by atoms with E-state index < -0.39 is 20.0 Å². The zero-order valence-electron chi connectivity index (χ0n) is 37.5. The van der Waals surface area contributed by atoms with Crippen molar-refractivity contribution in [2.75, 3.05) is 40.9 Å². The number of hydrogen-bond donors (Lipinski definition) is 2. The van der Waals surface area contributed by atoms with E-state index in [9.17, 15) is 19.4 Å². The zero-order chi connectivity index (χ0) is 42.1. The molecule has 0 heterocycles. The lowest BCUT2D eigenvalue weighted by atomic mass is 10.0. The fourth-order valence-corrected chi connectivity index (χ4v) is 7.08. The molecule has 1 amide bonds. The molecule has 0 aliphatic rings. The summed E-state index contributed by atoms with van der Waals surface area (Å²) < 4.78 is 23.2. The van der Waals surface area contributed by atoms with Gasteiger partial charge in [-0.05, 0) is 57.8 Å². The highest BCUT2D eigenvalue weighted by molar-refractivity contribution is 7.45. The third-order valence-corrected chi connectivity index (χ3v) is 11.0. The minimum atomic E-state index is -4.56. The predicted octanol–water partition coefficient (Wildman–Crippen LogP) is 12.4. The van der Waals surface area contributed by atoms with Gasteiger partial charge in [0.1, 0.15) is 13.2 Å². The van der Waals surface area contributed by atoms with Gasteiger partial charge in [-0.25, -0.2) is 0 Å². The largest absolute Gasteiger partial charge is 0.756 e. The third-order valence-electron chi connectivity index (χ3n) is 10.0. The molecule has 0 aromatic rings. The summed E-state index contributed by atoms with van der Waals surface area (Å²) in [6, 6.07) is -0.804. The third kappa shape index (κ3) is 42.1. The zero-order valence-corrected chi connectivity index (χ0v) is 38.4. The fraction of sp³-hybridized carbons (Fsp3) is 0.771. The number of nitrogens with zero attached hydrogens (tertiary/aromatic N) is 1. The van der Waals surface area contributed by atoms with Crippen molar-refractivity contribution in [3.05, 3.63) is 60.8 Å². The first-order chi connectivity index (χ1) is 27.5. The fourth-order valence-electron chi connectivity index (χ4n) is 6.36. The van der Waals surface area contributed by atoms with Crippen LogP contribution in [0, 0.1) is 0 Å². The van der Waals surface area contributed by atoms with Gasteiger partial charge < -0.3 is 28.8 Å². The van der Waals surface area contributed by atoms with Gasteiger partial charge in [0, 0.05) is 6.42 Å². The van der Waals surface area contributed by atoms with E-state index in [-0.39, 0.29) is 19.1 Å². The van der Waals surface area contributed by atoms with Crippen molar-refractivity contribution in [3.63, 3.8) is 0 Å². The van der Waals surface area contributed by atoms with Gasteiger partial charge in [0.15, 0.2) is 0 Å². The van der Waals surface area contributed by atoms with E-state index in [4.69, 9.17) is 9.05 Å². The van der Waals surface area contributed by atoms with Crippen molar-refractivity contribution in [1.82, 2.24) is 5.32 Å². The van der Waals surface area contributed by atoms with Crippen molar-refractivity contribution in [3.8, 4) is 0 Å². The molecular weight excluding hydrogens is 732 g/mol. The van der Waals surface area contributed by atoms with Crippen LogP contribution in [0.25, 0.3) is 0 Å². The summed E-state index contributed by atoms with van der Waals surface area (Å²) >= 11 is 0. The Bertz CT molecular complexity index is 1110. The molecule has 0 aliphatic heterocycles. The average Bonchev–Trinajstić information content (AvgIpc) is 3.16. The highest BCUT2D eigenvalue weighted by Gasteiger charge is 2.24. The Kier molecular flexibility index (Phi) is 38.4. The summed E-state index contributed by atoms with van der Waals surface area (Å²) in [4.78, 5) is 25.3. The summed E-state index contributed by atoms with van der Waals surface area (Å²) in [6.45, 7) is 4.57. The molecule has 0 aromatic carbocycles. The molecule has 0 bridgehead atoms. The van der Waals surface area contributed by atoms with E-state index in [1.165, 1.54) is 83.5 Å². The summed E-state index contributed by atoms with van der Waals surface area (Å²) in [5.74, 6) is -0.176. The minimum absolute atomic E-state index is 0.00820. The highest BCUT2D eigenvalue weighted by atomic mass is 31.2. The van der Waals surface area contributed by atoms with Crippen LogP contribution in [-0.4, -0.2) is 68.5 Å². The number of unbranched alkanes of at least 4 members (excludes halogenated alkanes) is 18. The van der Waals surface area contributed by atoms with Gasteiger partial charge in [0.05, 0.1) is 39.9 Å². The molecular formula is C48H89N2O6P. The van der Waals surface area contributed by atoms with Gasteiger partial charge in [0.2, 0.25) is 5.91 Å². The maximum absolute atomic E-state index is 12.9. The molecule has 0 aliphatic carbocycles. The summed E-state index contributed by atoms with van der Waals surface area (Å²) in [5, 5.41) is 13.9. The van der Waals surface area contributed by atoms with Gasteiger partial charge in [-0.1, -0.05) is 184 Å². The average molecular weight is 821 g/mol. The van der Waals surface area contributed by atoms with Crippen molar-refractivity contribution >= 4 is 13.7 Å². The minimum Gasteiger partial charge on any atom is -0.756 e. The van der Waals surface area contributed by atoms with Gasteiger partial charge in [-0.15, -0.1) is 0 Å². The van der Waals surface area contributed by atoms with Crippen molar-refractivity contribution in [2.24, 2.45) is 0 Å². The number of nitrogens with one attached hydrogen (secondary N) is 1. The molecule has 3 unspecified atom stereocenters. The van der Waals surface area contributed by atoms with Gasteiger partial charge in [0.25, 0.3) is 7.82 Å². The summed E-state index contributed by atoms with van der Waals surface area (Å²) in [7, 11) is 1.29. The number of amides is 1. The summed E-state index contributed by atoms with van der Waals surface area (Å²) in [5.41, 5.74) is 0. The van der Waals surface area contributed by atoms with E-state index in [0.717, 1.165) is 77.0 Å². The van der Waals surface area contributed by atoms with Crippen LogP contribution in [0.15, 0.2) is 60.8 Å². The number of phosphoric acid groups is 1. The Morgan fingerprint density at radius 3 is 1.56 bits per heavy atom. The first-order valence-corrected chi connectivity index (χ1v) is 24.6. The monoisotopic (exact) mass is 821 g/mol. The predicted molar refractivity (Wildman–Crippen MR) is 242 cm³/mol. The highest BCUT2D eigenvalue weighted by Crippen LogP contribution is 2.38. The normalized spacial score (nSPS) is 14.9. The number of phosphoric ester groups is 1. The lowest BCUT2D eigenvalue weighted by Gasteiger charge is -2.30. The van der Waals surface area contributed by atoms with Crippen LogP contribution in [0.5, 0.6) is 0 Å². The standard InChI is InChI=1S/C48H89N2O6P/c1-6-8-10-12-14-16-18-19-20-21-22-23-24-25-26-27-28-29-30-31-32-34-36-38-40-42-48(52)49-46(45-56-57(53,54)55-44-43-50(3,4)5)47(51)41-39-37-35-33-17-15-13-11-9-7-2/h8,10,14,16,19-20,22-23,25-26,46-47,51H,6-7,9,11-13,15,17-18,21,24,27-45H2,1-5H3,(H-,49,52,53,54)/b10-8-,16-14-,20-19-,23-22-,26-25-. The maximum Gasteiger partial charge on any atom is 0.268 e. The van der Waals surface area contributed by atoms with Crippen molar-refractivity contribution in [1.29, 1.82) is 0 Å². The van der Waals surface area contributed by atoms with Crippen LogP contribution in [0.2, 0.25) is 0 Å². The van der Waals surface area contributed by atoms with Crippen molar-refractivity contribution in [2.45, 2.75) is 199 Å². The maximum atomic E-state index is 12.9. The van der Waals surface area contributed by atoms with E-state index in [1.54, 1.807) is 0 Å². The molecule has 0 spiro atoms. The molecule has 3 atom stereocenters. The molecule has 2 N–H and O–H groups in total. The molecule has 0 fully saturated rings. The molecule has 57 heavy (non-hydrogen) atoms. The van der Waals surface area contributed by atoms with Crippen LogP contribution in [0.1, 0.15) is 187 Å². The number of carbonyl (C=O) groups excluding carboxylic acids is 1. The number of rotatable bonds is 41. The number of hydrogen-bond acceptors (Lipinski definition) is 6. The van der Waals surface area contributed by atoms with E-state index in [2.05, 4.69) is 79.9 Å². The number of quaternary nitrogens is 1. The second-order valence-electron chi connectivity index (χ2n) is 16.7. The van der Waals surface area contributed by atoms with Crippen LogP contribution >= 0.6 is 7.82 Å². The molecule has 0 aromatic heterocycles. The number of aliphatic hydroxyl groups excluding tert-OH is 1. The van der Waals surface area contributed by atoms with Crippen LogP contribution in [0.3, 0.4) is 0 Å². The number of carbonyl (C=O) groups is 1. The Morgan fingerprint density at radius 2 is 1.07 bits per heavy atom. The summed E-state index contributed by atoms with van der Waals surface area (Å²) in [6.07, 6.45) is 50.9. The van der Waals surface area contributed by atoms with Crippen LogP contribution < -0.4 is 10.2 Å². The molecule has 0 rings (SSSR count). The second kappa shape index (κ2) is 39.6. The number of aliphatic hydroxyl groups is 1. The quantitative estimate of drug-likeness (QED) is 0.0275. The van der Waals surface area contributed by atoms with Gasteiger partial charge in [-0.3, -0.25) is 9.36 Å². The lowest BCUT2D eigenvalue weighted by Crippen LogP contribution is -2.46. The molecule has 9 heteroatoms. The lowest BCUT2D eigenvalue weighted by molar-refractivity contribution is -0.870. The first-order valence-electron chi connectivity index (χ1n) is 23.1. The number of likely N-dealkylation sites (N-methyl/N-ethyl adjacent to an activating group) is 1. The Hall–Kier alpha value is -1.80. The molecule has 0 radical (unpaired) electrons.